The molecule has 150 valence electrons. The molecular weight excluding hydrogens is 354 g/mol. The van der Waals surface area contributed by atoms with Crippen LogP contribution in [0.15, 0.2) is 91.0 Å². The second-order valence-corrected chi connectivity index (χ2v) is 7.70. The first-order chi connectivity index (χ1) is 14.2. The van der Waals surface area contributed by atoms with Gasteiger partial charge in [0.2, 0.25) is 0 Å². The van der Waals surface area contributed by atoms with E-state index in [0.29, 0.717) is 12.2 Å². The summed E-state index contributed by atoms with van der Waals surface area (Å²) in [6.45, 7) is 4.65. The van der Waals surface area contributed by atoms with Gasteiger partial charge in [0.1, 0.15) is 5.78 Å². The summed E-state index contributed by atoms with van der Waals surface area (Å²) in [5.74, 6) is 0.452. The summed E-state index contributed by atoms with van der Waals surface area (Å²) in [6.07, 6.45) is 2.33. The summed E-state index contributed by atoms with van der Waals surface area (Å²) in [4.78, 5) is 15.4. The van der Waals surface area contributed by atoms with Gasteiger partial charge >= 0.3 is 0 Å². The Kier molecular flexibility index (Phi) is 8.21. The van der Waals surface area contributed by atoms with Crippen molar-refractivity contribution in [2.75, 3.05) is 6.54 Å². The Morgan fingerprint density at radius 3 is 1.62 bits per heavy atom. The van der Waals surface area contributed by atoms with Gasteiger partial charge in [0.15, 0.2) is 0 Å². The predicted molar refractivity (Wildman–Crippen MR) is 121 cm³/mol. The van der Waals surface area contributed by atoms with E-state index < -0.39 is 0 Å². The first-order valence-corrected chi connectivity index (χ1v) is 10.6. The van der Waals surface area contributed by atoms with Crippen molar-refractivity contribution in [1.29, 1.82) is 0 Å². The van der Waals surface area contributed by atoms with E-state index in [1.54, 1.807) is 0 Å². The summed E-state index contributed by atoms with van der Waals surface area (Å²) in [5, 5.41) is 0. The number of aryl methyl sites for hydroxylation is 1. The van der Waals surface area contributed by atoms with Gasteiger partial charge in [-0.1, -0.05) is 97.9 Å². The Bertz CT molecular complexity index is 804. The Balaban J connectivity index is 1.65. The molecule has 0 unspecified atom stereocenters. The van der Waals surface area contributed by atoms with Crippen LogP contribution in [-0.2, 0) is 24.3 Å². The number of carbonyl (C=O) groups is 1. The maximum atomic E-state index is 13.0. The molecule has 0 bridgehead atoms. The molecule has 3 aromatic carbocycles. The van der Waals surface area contributed by atoms with Gasteiger partial charge in [-0.25, -0.2) is 0 Å². The van der Waals surface area contributed by atoms with Gasteiger partial charge < -0.3 is 0 Å². The highest BCUT2D eigenvalue weighted by Crippen LogP contribution is 2.17. The zero-order chi connectivity index (χ0) is 20.3. The highest BCUT2D eigenvalue weighted by Gasteiger charge is 2.20. The molecule has 0 spiro atoms. The molecule has 3 rings (SSSR count). The van der Waals surface area contributed by atoms with E-state index in [4.69, 9.17) is 0 Å². The molecule has 0 heterocycles. The van der Waals surface area contributed by atoms with Crippen LogP contribution in [0.3, 0.4) is 0 Å². The second-order valence-electron chi connectivity index (χ2n) is 7.70. The molecule has 0 aliphatic rings. The van der Waals surface area contributed by atoms with E-state index in [2.05, 4.69) is 72.5 Å². The third kappa shape index (κ3) is 6.99. The normalized spacial score (nSPS) is 12.1. The van der Waals surface area contributed by atoms with Crippen molar-refractivity contribution in [1.82, 2.24) is 4.90 Å². The van der Waals surface area contributed by atoms with Crippen molar-refractivity contribution in [3.63, 3.8) is 0 Å². The summed E-state index contributed by atoms with van der Waals surface area (Å²) in [7, 11) is 0. The zero-order valence-corrected chi connectivity index (χ0v) is 17.3. The van der Waals surface area contributed by atoms with Gasteiger partial charge in [-0.2, -0.15) is 0 Å². The van der Waals surface area contributed by atoms with Crippen LogP contribution in [0.1, 0.15) is 36.5 Å². The van der Waals surface area contributed by atoms with Crippen LogP contribution in [0.25, 0.3) is 0 Å². The number of ketones is 1. The third-order valence-electron chi connectivity index (χ3n) is 5.43. The van der Waals surface area contributed by atoms with Crippen LogP contribution in [-0.4, -0.2) is 17.2 Å². The minimum atomic E-state index is 0.0751. The fraction of sp³-hybridized carbons (Fsp3) is 0.296. The van der Waals surface area contributed by atoms with Gasteiger partial charge in [-0.3, -0.25) is 9.69 Å². The second kappa shape index (κ2) is 11.3. The minimum absolute atomic E-state index is 0.0751. The average molecular weight is 386 g/mol. The van der Waals surface area contributed by atoms with E-state index in [1.807, 2.05) is 30.3 Å². The number of carbonyl (C=O) groups excluding carboxylic acids is 1. The summed E-state index contributed by atoms with van der Waals surface area (Å²) >= 11 is 0. The highest BCUT2D eigenvalue weighted by atomic mass is 16.1. The van der Waals surface area contributed by atoms with Crippen LogP contribution < -0.4 is 0 Å². The molecule has 2 nitrogen and oxygen atoms in total. The molecule has 0 aliphatic heterocycles. The van der Waals surface area contributed by atoms with Gasteiger partial charge in [0.05, 0.1) is 0 Å². The van der Waals surface area contributed by atoms with Gasteiger partial charge in [-0.15, -0.1) is 0 Å². The standard InChI is InChI=1S/C27H31NO/c1-2-26(27(29)19-18-23-12-6-3-7-13-23)22-28(20-24-14-8-4-9-15-24)21-25-16-10-5-11-17-25/h3-17,26H,2,18-22H2,1H3/t26-/m1/s1. The number of hydrogen-bond donors (Lipinski definition) is 0. The maximum Gasteiger partial charge on any atom is 0.137 e. The molecule has 0 aromatic heterocycles. The first kappa shape index (κ1) is 21.0. The monoisotopic (exact) mass is 385 g/mol. The summed E-state index contributed by atoms with van der Waals surface area (Å²) in [5.41, 5.74) is 3.81. The molecule has 0 N–H and O–H groups in total. The Morgan fingerprint density at radius 2 is 1.17 bits per heavy atom. The molecule has 1 atom stereocenters. The van der Waals surface area contributed by atoms with Crippen molar-refractivity contribution in [3.05, 3.63) is 108 Å². The lowest BCUT2D eigenvalue weighted by molar-refractivity contribution is -0.123. The lowest BCUT2D eigenvalue weighted by Gasteiger charge is -2.27. The number of rotatable bonds is 11. The van der Waals surface area contributed by atoms with Crippen molar-refractivity contribution in [3.8, 4) is 0 Å². The fourth-order valence-corrected chi connectivity index (χ4v) is 3.75. The molecule has 0 radical (unpaired) electrons. The van der Waals surface area contributed by atoms with E-state index >= 15 is 0 Å². The summed E-state index contributed by atoms with van der Waals surface area (Å²) in [6, 6.07) is 31.4. The Morgan fingerprint density at radius 1 is 0.724 bits per heavy atom. The van der Waals surface area contributed by atoms with E-state index in [-0.39, 0.29) is 5.92 Å². The number of Topliss-reactive ketones (excluding diaryl/α,β-unsaturated/α-hetero) is 1. The Hall–Kier alpha value is -2.71. The van der Waals surface area contributed by atoms with Crippen LogP contribution in [0.2, 0.25) is 0 Å². The zero-order valence-electron chi connectivity index (χ0n) is 17.3. The number of nitrogens with zero attached hydrogens (tertiary/aromatic N) is 1. The molecule has 0 aliphatic carbocycles. The topological polar surface area (TPSA) is 20.3 Å². The van der Waals surface area contributed by atoms with E-state index in [9.17, 15) is 4.79 Å². The van der Waals surface area contributed by atoms with E-state index in [1.165, 1.54) is 16.7 Å². The van der Waals surface area contributed by atoms with Gasteiger partial charge in [0.25, 0.3) is 0 Å². The predicted octanol–water partition coefficient (Wildman–Crippen LogP) is 5.92. The quantitative estimate of drug-likeness (QED) is 0.408. The maximum absolute atomic E-state index is 13.0. The molecule has 0 saturated heterocycles. The van der Waals surface area contributed by atoms with Crippen molar-refractivity contribution >= 4 is 5.78 Å². The molecule has 0 fully saturated rings. The SMILES string of the molecule is CC[C@H](CN(Cc1ccccc1)Cc1ccccc1)C(=O)CCc1ccccc1. The first-order valence-electron chi connectivity index (χ1n) is 10.6. The lowest BCUT2D eigenvalue weighted by Crippen LogP contribution is -2.32. The molecule has 0 amide bonds. The molecular formula is C27H31NO. The number of benzene rings is 3. The fourth-order valence-electron chi connectivity index (χ4n) is 3.75. The van der Waals surface area contributed by atoms with Crippen LogP contribution in [0.4, 0.5) is 0 Å². The van der Waals surface area contributed by atoms with Crippen LogP contribution in [0, 0.1) is 5.92 Å². The van der Waals surface area contributed by atoms with Crippen LogP contribution >= 0.6 is 0 Å². The van der Waals surface area contributed by atoms with Crippen molar-refractivity contribution < 1.29 is 4.79 Å². The van der Waals surface area contributed by atoms with E-state index in [0.717, 1.165) is 32.5 Å². The molecule has 0 saturated carbocycles. The highest BCUT2D eigenvalue weighted by molar-refractivity contribution is 5.81. The summed E-state index contributed by atoms with van der Waals surface area (Å²) < 4.78 is 0. The lowest BCUT2D eigenvalue weighted by atomic mass is 9.94. The molecule has 29 heavy (non-hydrogen) atoms. The van der Waals surface area contributed by atoms with Crippen molar-refractivity contribution in [2.24, 2.45) is 5.92 Å². The third-order valence-corrected chi connectivity index (χ3v) is 5.43. The smallest absolute Gasteiger partial charge is 0.137 e. The largest absolute Gasteiger partial charge is 0.299 e. The Labute approximate surface area is 175 Å². The molecule has 2 heteroatoms. The van der Waals surface area contributed by atoms with Crippen LogP contribution in [0.5, 0.6) is 0 Å². The average Bonchev–Trinajstić information content (AvgIpc) is 2.78. The van der Waals surface area contributed by atoms with Crippen molar-refractivity contribution in [2.45, 2.75) is 39.3 Å². The number of hydrogen-bond acceptors (Lipinski definition) is 2. The van der Waals surface area contributed by atoms with Gasteiger partial charge in [0, 0.05) is 32.0 Å². The molecule has 3 aromatic rings. The minimum Gasteiger partial charge on any atom is -0.299 e. The van der Waals surface area contributed by atoms with Gasteiger partial charge in [-0.05, 0) is 29.5 Å².